The Balaban J connectivity index is 2.59. The first-order valence-corrected chi connectivity index (χ1v) is 5.13. The van der Waals surface area contributed by atoms with Gasteiger partial charge in [0.25, 0.3) is 0 Å². The third-order valence-corrected chi connectivity index (χ3v) is 2.39. The predicted octanol–water partition coefficient (Wildman–Crippen LogP) is 0.235. The first-order valence-electron chi connectivity index (χ1n) is 4.15. The molecule has 0 aliphatic heterocycles. The molecule has 0 radical (unpaired) electrons. The highest BCUT2D eigenvalue weighted by molar-refractivity contribution is 7.99. The quantitative estimate of drug-likeness (QED) is 0.213. The van der Waals surface area contributed by atoms with Gasteiger partial charge in [0, 0.05) is 18.6 Å². The van der Waals surface area contributed by atoms with Crippen LogP contribution >= 0.6 is 11.8 Å². The van der Waals surface area contributed by atoms with Gasteiger partial charge in [-0.1, -0.05) is 11.8 Å². The second-order valence-corrected chi connectivity index (χ2v) is 3.63. The molecular weight excluding hydrogens is 200 g/mol. The van der Waals surface area contributed by atoms with Gasteiger partial charge in [0.2, 0.25) is 0 Å². The number of hydrogen-bond acceptors (Lipinski definition) is 5. The van der Waals surface area contributed by atoms with E-state index in [9.17, 15) is 0 Å². The van der Waals surface area contributed by atoms with Gasteiger partial charge in [0.05, 0.1) is 0 Å². The van der Waals surface area contributed by atoms with Crippen LogP contribution in [-0.4, -0.2) is 33.3 Å². The van der Waals surface area contributed by atoms with Crippen molar-refractivity contribution in [1.82, 2.24) is 9.97 Å². The molecule has 0 spiro atoms. The smallest absolute Gasteiger partial charge is 0.188 e. The number of aliphatic hydroxyl groups is 1. The summed E-state index contributed by atoms with van der Waals surface area (Å²) in [4.78, 5) is 8.08. The van der Waals surface area contributed by atoms with Crippen molar-refractivity contribution in [3.05, 3.63) is 18.0 Å². The molecular formula is C8H12N4OS. The minimum absolute atomic E-state index is 0.0589. The summed E-state index contributed by atoms with van der Waals surface area (Å²) in [5.41, 5.74) is 5.72. The van der Waals surface area contributed by atoms with E-state index >= 15 is 0 Å². The summed E-state index contributed by atoms with van der Waals surface area (Å²) in [7, 11) is 0. The van der Waals surface area contributed by atoms with E-state index in [2.05, 4.69) is 9.97 Å². The van der Waals surface area contributed by atoms with Crippen LogP contribution in [0, 0.1) is 5.41 Å². The van der Waals surface area contributed by atoms with Gasteiger partial charge in [-0.15, -0.1) is 0 Å². The molecule has 0 saturated carbocycles. The highest BCUT2D eigenvalue weighted by atomic mass is 32.2. The summed E-state index contributed by atoms with van der Waals surface area (Å²) in [6.45, 7) is 0.166. The van der Waals surface area contributed by atoms with Gasteiger partial charge in [0.1, 0.15) is 11.5 Å². The normalized spacial score (nSPS) is 10.1. The number of aromatic nitrogens is 2. The molecule has 1 aromatic heterocycles. The van der Waals surface area contributed by atoms with Crippen molar-refractivity contribution in [2.24, 2.45) is 5.73 Å². The first-order chi connectivity index (χ1) is 6.74. The summed E-state index contributed by atoms with van der Waals surface area (Å²) in [6, 6.07) is 1.60. The molecule has 0 aromatic carbocycles. The number of rotatable bonds is 5. The fourth-order valence-electron chi connectivity index (χ4n) is 0.788. The number of nitrogen functional groups attached to an aromatic ring is 1. The Morgan fingerprint density at radius 2 is 2.43 bits per heavy atom. The zero-order valence-electron chi connectivity index (χ0n) is 7.60. The molecule has 1 rings (SSSR count). The maximum atomic E-state index is 8.58. The number of hydrogen-bond donors (Lipinski definition) is 3. The standard InChI is InChI=1S/C8H12N4OS/c9-7(10)6-2-3-11-8(12-6)14-5-1-4-13/h2-3,13H,1,4-5H2,(H3,9,10). The molecule has 0 aliphatic rings. The monoisotopic (exact) mass is 212 g/mol. The van der Waals surface area contributed by atoms with Crippen LogP contribution in [0.5, 0.6) is 0 Å². The van der Waals surface area contributed by atoms with E-state index < -0.39 is 0 Å². The van der Waals surface area contributed by atoms with Gasteiger partial charge in [-0.2, -0.15) is 0 Å². The number of amidine groups is 1. The van der Waals surface area contributed by atoms with Gasteiger partial charge in [-0.05, 0) is 12.5 Å². The van der Waals surface area contributed by atoms with Crippen LogP contribution in [0.3, 0.4) is 0 Å². The lowest BCUT2D eigenvalue weighted by atomic mass is 10.4. The summed E-state index contributed by atoms with van der Waals surface area (Å²) in [5, 5.41) is 16.4. The molecule has 6 heteroatoms. The molecule has 0 amide bonds. The van der Waals surface area contributed by atoms with Crippen molar-refractivity contribution < 1.29 is 5.11 Å². The van der Waals surface area contributed by atoms with Crippen LogP contribution < -0.4 is 5.73 Å². The molecule has 0 bridgehead atoms. The van der Waals surface area contributed by atoms with E-state index in [1.165, 1.54) is 11.8 Å². The van der Waals surface area contributed by atoms with Crippen LogP contribution in [0.15, 0.2) is 17.4 Å². The van der Waals surface area contributed by atoms with Crippen molar-refractivity contribution in [3.8, 4) is 0 Å². The fourth-order valence-corrected chi connectivity index (χ4v) is 1.54. The predicted molar refractivity (Wildman–Crippen MR) is 55.5 cm³/mol. The van der Waals surface area contributed by atoms with Crippen molar-refractivity contribution in [2.75, 3.05) is 12.4 Å². The Bertz CT molecular complexity index is 318. The lowest BCUT2D eigenvalue weighted by Gasteiger charge is -2.00. The highest BCUT2D eigenvalue weighted by Gasteiger charge is 2.01. The zero-order chi connectivity index (χ0) is 10.4. The number of nitrogens with two attached hydrogens (primary N) is 1. The van der Waals surface area contributed by atoms with Gasteiger partial charge in [-0.3, -0.25) is 5.41 Å². The van der Waals surface area contributed by atoms with Crippen molar-refractivity contribution >= 4 is 17.6 Å². The summed E-state index contributed by atoms with van der Waals surface area (Å²) in [6.07, 6.45) is 2.28. The molecule has 0 aliphatic carbocycles. The number of aliphatic hydroxyl groups excluding tert-OH is 1. The van der Waals surface area contributed by atoms with E-state index in [1.54, 1.807) is 12.3 Å². The summed E-state index contributed by atoms with van der Waals surface area (Å²) in [5.74, 6) is 0.703. The minimum atomic E-state index is -0.0589. The third-order valence-electron chi connectivity index (χ3n) is 1.44. The maximum absolute atomic E-state index is 8.58. The highest BCUT2D eigenvalue weighted by Crippen LogP contribution is 2.12. The maximum Gasteiger partial charge on any atom is 0.188 e. The average molecular weight is 212 g/mol. The van der Waals surface area contributed by atoms with Crippen molar-refractivity contribution in [2.45, 2.75) is 11.6 Å². The molecule has 1 aromatic rings. The molecule has 4 N–H and O–H groups in total. The number of nitrogens with zero attached hydrogens (tertiary/aromatic N) is 2. The van der Waals surface area contributed by atoms with Crippen LogP contribution in [0.1, 0.15) is 12.1 Å². The lowest BCUT2D eigenvalue weighted by Crippen LogP contribution is -2.13. The van der Waals surface area contributed by atoms with Gasteiger partial charge in [-0.25, -0.2) is 9.97 Å². The molecule has 0 atom stereocenters. The molecule has 76 valence electrons. The Labute approximate surface area is 86.3 Å². The SMILES string of the molecule is N=C(N)c1ccnc(SCCCO)n1. The Morgan fingerprint density at radius 3 is 3.07 bits per heavy atom. The van der Waals surface area contributed by atoms with Gasteiger partial charge >= 0.3 is 0 Å². The van der Waals surface area contributed by atoms with Gasteiger partial charge in [0.15, 0.2) is 5.16 Å². The van der Waals surface area contributed by atoms with Crippen LogP contribution in [-0.2, 0) is 0 Å². The summed E-state index contributed by atoms with van der Waals surface area (Å²) >= 11 is 1.44. The average Bonchev–Trinajstić information content (AvgIpc) is 2.19. The fraction of sp³-hybridized carbons (Fsp3) is 0.375. The third kappa shape index (κ3) is 3.31. The topological polar surface area (TPSA) is 95.9 Å². The van der Waals surface area contributed by atoms with E-state index in [4.69, 9.17) is 16.2 Å². The van der Waals surface area contributed by atoms with Crippen molar-refractivity contribution in [3.63, 3.8) is 0 Å². The van der Waals surface area contributed by atoms with E-state index in [0.717, 1.165) is 5.75 Å². The van der Waals surface area contributed by atoms with Crippen LogP contribution in [0.2, 0.25) is 0 Å². The molecule has 14 heavy (non-hydrogen) atoms. The van der Waals surface area contributed by atoms with Gasteiger partial charge < -0.3 is 10.8 Å². The first kappa shape index (κ1) is 10.9. The van der Waals surface area contributed by atoms with Crippen LogP contribution in [0.4, 0.5) is 0 Å². The van der Waals surface area contributed by atoms with E-state index in [1.807, 2.05) is 0 Å². The zero-order valence-corrected chi connectivity index (χ0v) is 8.42. The Kier molecular flexibility index (Phi) is 4.34. The lowest BCUT2D eigenvalue weighted by molar-refractivity contribution is 0.296. The summed E-state index contributed by atoms with van der Waals surface area (Å²) < 4.78 is 0. The largest absolute Gasteiger partial charge is 0.396 e. The molecule has 0 fully saturated rings. The second-order valence-electron chi connectivity index (χ2n) is 2.56. The molecule has 0 unspecified atom stereocenters. The van der Waals surface area contributed by atoms with E-state index in [0.29, 0.717) is 17.3 Å². The molecule has 5 nitrogen and oxygen atoms in total. The number of thioether (sulfide) groups is 1. The Hall–Kier alpha value is -1.14. The minimum Gasteiger partial charge on any atom is -0.396 e. The van der Waals surface area contributed by atoms with E-state index in [-0.39, 0.29) is 12.4 Å². The van der Waals surface area contributed by atoms with Crippen molar-refractivity contribution in [1.29, 1.82) is 5.41 Å². The molecule has 1 heterocycles. The van der Waals surface area contributed by atoms with Crippen LogP contribution in [0.25, 0.3) is 0 Å². The Morgan fingerprint density at radius 1 is 1.64 bits per heavy atom. The second kappa shape index (κ2) is 5.56. The molecule has 0 saturated heterocycles. The number of nitrogens with one attached hydrogen (secondary N) is 1.